The van der Waals surface area contributed by atoms with E-state index in [2.05, 4.69) is 22.3 Å². The summed E-state index contributed by atoms with van der Waals surface area (Å²) in [4.78, 5) is 30.5. The van der Waals surface area contributed by atoms with Gasteiger partial charge in [-0.15, -0.1) is 0 Å². The second kappa shape index (κ2) is 9.21. The molecular weight excluding hydrogens is 426 g/mol. The summed E-state index contributed by atoms with van der Waals surface area (Å²) in [6, 6.07) is 17.5. The molecule has 1 aromatic heterocycles. The van der Waals surface area contributed by atoms with Crippen molar-refractivity contribution in [2.75, 3.05) is 23.3 Å². The van der Waals surface area contributed by atoms with Crippen molar-refractivity contribution in [1.29, 1.82) is 0 Å². The van der Waals surface area contributed by atoms with Gasteiger partial charge in [-0.2, -0.15) is 0 Å². The van der Waals surface area contributed by atoms with Crippen LogP contribution in [0.15, 0.2) is 71.0 Å². The summed E-state index contributed by atoms with van der Waals surface area (Å²) in [6.07, 6.45) is 5.26. The second-order valence-corrected chi connectivity index (χ2v) is 9.04. The van der Waals surface area contributed by atoms with Crippen LogP contribution >= 0.6 is 0 Å². The minimum Gasteiger partial charge on any atom is -0.467 e. The van der Waals surface area contributed by atoms with E-state index in [4.69, 9.17) is 4.42 Å². The molecule has 6 nitrogen and oxygen atoms in total. The van der Waals surface area contributed by atoms with Gasteiger partial charge in [-0.1, -0.05) is 18.2 Å². The number of rotatable bonds is 6. The number of carbonyl (C=O) groups excluding carboxylic acids is 2. The third-order valence-corrected chi connectivity index (χ3v) is 6.72. The van der Waals surface area contributed by atoms with Gasteiger partial charge in [0.05, 0.1) is 18.4 Å². The van der Waals surface area contributed by atoms with Crippen LogP contribution in [0, 0.1) is 13.8 Å². The van der Waals surface area contributed by atoms with E-state index in [1.807, 2.05) is 44.2 Å². The first kappa shape index (κ1) is 22.0. The summed E-state index contributed by atoms with van der Waals surface area (Å²) in [7, 11) is 0. The maximum Gasteiger partial charge on any atom is 0.278 e. The Morgan fingerprint density at radius 2 is 1.65 bits per heavy atom. The lowest BCUT2D eigenvalue weighted by atomic mass is 9.99. The second-order valence-electron chi connectivity index (χ2n) is 9.04. The smallest absolute Gasteiger partial charge is 0.278 e. The molecule has 2 aromatic carbocycles. The molecule has 0 bridgehead atoms. The van der Waals surface area contributed by atoms with Crippen LogP contribution in [0.4, 0.5) is 11.4 Å². The number of piperidine rings is 1. The van der Waals surface area contributed by atoms with Gasteiger partial charge in [0, 0.05) is 24.5 Å². The summed E-state index contributed by atoms with van der Waals surface area (Å²) in [5, 5.41) is 3.26. The van der Waals surface area contributed by atoms with E-state index in [9.17, 15) is 9.59 Å². The number of imide groups is 1. The van der Waals surface area contributed by atoms with Crippen LogP contribution in [-0.2, 0) is 16.1 Å². The van der Waals surface area contributed by atoms with E-state index in [1.165, 1.54) is 29.8 Å². The molecule has 174 valence electrons. The highest BCUT2D eigenvalue weighted by Crippen LogP contribution is 2.33. The van der Waals surface area contributed by atoms with E-state index in [0.717, 1.165) is 35.5 Å². The number of benzene rings is 2. The number of nitrogens with zero attached hydrogens (tertiary/aromatic N) is 2. The number of amides is 2. The predicted octanol–water partition coefficient (Wildman–Crippen LogP) is 5.28. The number of aryl methyl sites for hydroxylation is 2. The normalized spacial score (nSPS) is 16.5. The summed E-state index contributed by atoms with van der Waals surface area (Å²) >= 11 is 0. The van der Waals surface area contributed by atoms with Crippen molar-refractivity contribution < 1.29 is 14.0 Å². The highest BCUT2D eigenvalue weighted by molar-refractivity contribution is 6.36. The van der Waals surface area contributed by atoms with Crippen LogP contribution in [-0.4, -0.2) is 29.8 Å². The van der Waals surface area contributed by atoms with Crippen LogP contribution < -0.4 is 10.2 Å². The van der Waals surface area contributed by atoms with Gasteiger partial charge < -0.3 is 14.6 Å². The highest BCUT2D eigenvalue weighted by Gasteiger charge is 2.39. The quantitative estimate of drug-likeness (QED) is 0.513. The Hall–Kier alpha value is -3.80. The Labute approximate surface area is 199 Å². The molecule has 6 heteroatoms. The van der Waals surface area contributed by atoms with Crippen molar-refractivity contribution in [3.8, 4) is 0 Å². The number of carbonyl (C=O) groups is 2. The van der Waals surface area contributed by atoms with Crippen LogP contribution in [0.3, 0.4) is 0 Å². The zero-order chi connectivity index (χ0) is 23.7. The fourth-order valence-corrected chi connectivity index (χ4v) is 4.61. The van der Waals surface area contributed by atoms with Crippen molar-refractivity contribution >= 4 is 28.8 Å². The molecule has 3 heterocycles. The van der Waals surface area contributed by atoms with Gasteiger partial charge in [-0.25, -0.2) is 0 Å². The maximum absolute atomic E-state index is 13.5. The number of anilines is 2. The molecule has 1 fully saturated rings. The van der Waals surface area contributed by atoms with E-state index in [0.29, 0.717) is 17.0 Å². The lowest BCUT2D eigenvalue weighted by molar-refractivity contribution is -0.137. The third kappa shape index (κ3) is 4.23. The molecule has 2 amide bonds. The summed E-state index contributed by atoms with van der Waals surface area (Å²) in [5.74, 6) is -0.111. The molecule has 5 rings (SSSR count). The Kier molecular flexibility index (Phi) is 5.97. The van der Waals surface area contributed by atoms with E-state index >= 15 is 0 Å². The molecule has 1 N–H and O–H groups in total. The molecule has 0 atom stereocenters. The fourth-order valence-electron chi connectivity index (χ4n) is 4.61. The van der Waals surface area contributed by atoms with E-state index in [1.54, 1.807) is 18.4 Å². The van der Waals surface area contributed by atoms with Gasteiger partial charge >= 0.3 is 0 Å². The Morgan fingerprint density at radius 1 is 0.882 bits per heavy atom. The molecule has 0 aliphatic carbocycles. The molecule has 0 saturated carbocycles. The number of furan rings is 1. The molecule has 0 radical (unpaired) electrons. The van der Waals surface area contributed by atoms with Crippen LogP contribution in [0.2, 0.25) is 0 Å². The zero-order valence-electron chi connectivity index (χ0n) is 19.6. The molecule has 0 spiro atoms. The molecule has 34 heavy (non-hydrogen) atoms. The monoisotopic (exact) mass is 455 g/mol. The van der Waals surface area contributed by atoms with Gasteiger partial charge in [0.2, 0.25) is 0 Å². The lowest BCUT2D eigenvalue weighted by Crippen LogP contribution is -2.31. The Bertz CT molecular complexity index is 1240. The van der Waals surface area contributed by atoms with Gasteiger partial charge in [0.15, 0.2) is 0 Å². The fraction of sp³-hybridized carbons (Fsp3) is 0.286. The first-order valence-electron chi connectivity index (χ1n) is 11.8. The van der Waals surface area contributed by atoms with Crippen molar-refractivity contribution in [3.63, 3.8) is 0 Å². The first-order valence-corrected chi connectivity index (χ1v) is 11.8. The summed E-state index contributed by atoms with van der Waals surface area (Å²) < 4.78 is 5.40. The van der Waals surface area contributed by atoms with Crippen LogP contribution in [0.5, 0.6) is 0 Å². The standard InChI is InChI=1S/C28H29N3O3/c1-19-8-9-21(17-20(19)2)25-26(28(33)31(27(25)32)18-24-7-6-16-34-24)29-22-10-12-23(13-11-22)30-14-4-3-5-15-30/h6-13,16-17,29H,3-5,14-15,18H2,1-2H3. The van der Waals surface area contributed by atoms with Crippen molar-refractivity contribution in [2.45, 2.75) is 39.7 Å². The maximum atomic E-state index is 13.5. The Morgan fingerprint density at radius 3 is 2.32 bits per heavy atom. The average Bonchev–Trinajstić information content (AvgIpc) is 3.45. The molecule has 2 aliphatic heterocycles. The van der Waals surface area contributed by atoms with Crippen molar-refractivity contribution in [1.82, 2.24) is 4.90 Å². The molecule has 3 aromatic rings. The summed E-state index contributed by atoms with van der Waals surface area (Å²) in [5.41, 5.74) is 5.58. The van der Waals surface area contributed by atoms with Gasteiger partial charge in [-0.3, -0.25) is 14.5 Å². The number of nitrogens with one attached hydrogen (secondary N) is 1. The van der Waals surface area contributed by atoms with Gasteiger partial charge in [0.25, 0.3) is 11.8 Å². The predicted molar refractivity (Wildman–Crippen MR) is 133 cm³/mol. The average molecular weight is 456 g/mol. The van der Waals surface area contributed by atoms with Gasteiger partial charge in [0.1, 0.15) is 11.5 Å². The largest absolute Gasteiger partial charge is 0.467 e. The highest BCUT2D eigenvalue weighted by atomic mass is 16.3. The number of hydrogen-bond donors (Lipinski definition) is 1. The van der Waals surface area contributed by atoms with Crippen molar-refractivity contribution in [2.24, 2.45) is 0 Å². The third-order valence-electron chi connectivity index (χ3n) is 6.72. The molecule has 1 saturated heterocycles. The summed E-state index contributed by atoms with van der Waals surface area (Å²) in [6.45, 7) is 6.28. The first-order chi connectivity index (χ1) is 16.5. The topological polar surface area (TPSA) is 65.8 Å². The molecule has 0 unspecified atom stereocenters. The SMILES string of the molecule is Cc1ccc(C2=C(Nc3ccc(N4CCCCC4)cc3)C(=O)N(Cc3ccco3)C2=O)cc1C. The zero-order valence-corrected chi connectivity index (χ0v) is 19.6. The van der Waals surface area contributed by atoms with Crippen LogP contribution in [0.1, 0.15) is 41.7 Å². The Balaban J connectivity index is 1.47. The van der Waals surface area contributed by atoms with E-state index < -0.39 is 0 Å². The molecule has 2 aliphatic rings. The number of hydrogen-bond acceptors (Lipinski definition) is 5. The minimum atomic E-state index is -0.352. The molecular formula is C28H29N3O3. The van der Waals surface area contributed by atoms with Gasteiger partial charge in [-0.05, 0) is 86.2 Å². The minimum absolute atomic E-state index is 0.0953. The van der Waals surface area contributed by atoms with E-state index in [-0.39, 0.29) is 18.4 Å². The lowest BCUT2D eigenvalue weighted by Gasteiger charge is -2.28. The van der Waals surface area contributed by atoms with Crippen molar-refractivity contribution in [3.05, 3.63) is 89.0 Å². The van der Waals surface area contributed by atoms with Crippen LogP contribution in [0.25, 0.3) is 5.57 Å².